The van der Waals surface area contributed by atoms with Gasteiger partial charge in [0.25, 0.3) is 0 Å². The summed E-state index contributed by atoms with van der Waals surface area (Å²) in [4.78, 5) is 0. The van der Waals surface area contributed by atoms with Gasteiger partial charge in [-0.15, -0.1) is 10.2 Å². The topological polar surface area (TPSA) is 25.8 Å². The Bertz CT molecular complexity index is 439. The fraction of sp³-hybridized carbons (Fsp3) is 0.200. The third-order valence-electron chi connectivity index (χ3n) is 1.78. The molecule has 0 aliphatic heterocycles. The molecule has 78 valence electrons. The molecule has 0 aliphatic rings. The number of aryl methyl sites for hydroxylation is 1. The molecule has 1 aromatic heterocycles. The third kappa shape index (κ3) is 3.42. The van der Waals surface area contributed by atoms with Crippen LogP contribution < -0.4 is 0 Å². The summed E-state index contributed by atoms with van der Waals surface area (Å²) in [5.74, 6) is 0.964. The maximum Gasteiger partial charge on any atom is 0.174 e. The minimum Gasteiger partial charge on any atom is -0.143 e. The highest BCUT2D eigenvalue weighted by Gasteiger charge is 2.01. The van der Waals surface area contributed by atoms with Gasteiger partial charge in [0, 0.05) is 9.32 Å². The maximum absolute atomic E-state index is 4.08. The molecular formula is C10H9IN2S2. The van der Waals surface area contributed by atoms with Gasteiger partial charge in [0.15, 0.2) is 4.34 Å². The highest BCUT2D eigenvalue weighted by molar-refractivity contribution is 14.1. The lowest BCUT2D eigenvalue weighted by molar-refractivity contribution is 0.983. The summed E-state index contributed by atoms with van der Waals surface area (Å²) in [6, 6.07) is 8.56. The smallest absolute Gasteiger partial charge is 0.143 e. The summed E-state index contributed by atoms with van der Waals surface area (Å²) in [7, 11) is 0. The first-order chi connectivity index (χ1) is 7.24. The first kappa shape index (κ1) is 11.3. The molecule has 0 amide bonds. The first-order valence-electron chi connectivity index (χ1n) is 4.41. The molecule has 2 aromatic rings. The zero-order chi connectivity index (χ0) is 10.7. The van der Waals surface area contributed by atoms with Crippen LogP contribution in [0.4, 0.5) is 0 Å². The predicted molar refractivity (Wildman–Crippen MR) is 73.4 cm³/mol. The van der Waals surface area contributed by atoms with E-state index >= 15 is 0 Å². The zero-order valence-electron chi connectivity index (χ0n) is 8.11. The van der Waals surface area contributed by atoms with E-state index in [-0.39, 0.29) is 0 Å². The van der Waals surface area contributed by atoms with Crippen LogP contribution in [0.2, 0.25) is 0 Å². The average Bonchev–Trinajstić information content (AvgIpc) is 2.64. The van der Waals surface area contributed by atoms with Gasteiger partial charge in [-0.1, -0.05) is 35.2 Å². The van der Waals surface area contributed by atoms with Crippen molar-refractivity contribution in [2.24, 2.45) is 0 Å². The van der Waals surface area contributed by atoms with Gasteiger partial charge >= 0.3 is 0 Å². The lowest BCUT2D eigenvalue weighted by Crippen LogP contribution is -1.80. The molecule has 0 spiro atoms. The van der Waals surface area contributed by atoms with Crippen LogP contribution in [0.3, 0.4) is 0 Å². The van der Waals surface area contributed by atoms with Crippen molar-refractivity contribution >= 4 is 45.7 Å². The van der Waals surface area contributed by atoms with E-state index in [1.165, 1.54) is 9.13 Å². The van der Waals surface area contributed by atoms with Crippen molar-refractivity contribution in [1.82, 2.24) is 10.2 Å². The number of rotatable bonds is 3. The van der Waals surface area contributed by atoms with E-state index in [1.807, 2.05) is 6.92 Å². The number of nitrogens with zero attached hydrogens (tertiary/aromatic N) is 2. The van der Waals surface area contributed by atoms with Crippen LogP contribution in [0.15, 0.2) is 28.6 Å². The van der Waals surface area contributed by atoms with Crippen molar-refractivity contribution in [2.45, 2.75) is 17.0 Å². The SMILES string of the molecule is Cc1nnc(SCc2ccc(I)cc2)s1. The van der Waals surface area contributed by atoms with Crippen LogP contribution in [0.25, 0.3) is 0 Å². The Morgan fingerprint density at radius 3 is 2.60 bits per heavy atom. The van der Waals surface area contributed by atoms with Gasteiger partial charge in [0.05, 0.1) is 0 Å². The van der Waals surface area contributed by atoms with Crippen LogP contribution >= 0.6 is 45.7 Å². The van der Waals surface area contributed by atoms with Crippen molar-refractivity contribution < 1.29 is 0 Å². The van der Waals surface area contributed by atoms with E-state index in [9.17, 15) is 0 Å². The fourth-order valence-electron chi connectivity index (χ4n) is 1.06. The quantitative estimate of drug-likeness (QED) is 0.624. The molecule has 0 fully saturated rings. The van der Waals surface area contributed by atoms with Crippen LogP contribution in [-0.2, 0) is 5.75 Å². The highest BCUT2D eigenvalue weighted by atomic mass is 127. The van der Waals surface area contributed by atoms with E-state index in [4.69, 9.17) is 0 Å². The van der Waals surface area contributed by atoms with Gasteiger partial charge in [0.1, 0.15) is 5.01 Å². The minimum atomic E-state index is 0.964. The molecule has 2 nitrogen and oxygen atoms in total. The van der Waals surface area contributed by atoms with Crippen molar-refractivity contribution in [2.75, 3.05) is 0 Å². The van der Waals surface area contributed by atoms with Gasteiger partial charge in [-0.25, -0.2) is 0 Å². The van der Waals surface area contributed by atoms with Gasteiger partial charge in [-0.05, 0) is 47.2 Å². The minimum absolute atomic E-state index is 0.964. The molecule has 15 heavy (non-hydrogen) atoms. The Morgan fingerprint density at radius 1 is 1.27 bits per heavy atom. The van der Waals surface area contributed by atoms with E-state index < -0.39 is 0 Å². The van der Waals surface area contributed by atoms with Crippen molar-refractivity contribution in [3.05, 3.63) is 38.4 Å². The molecule has 1 aromatic carbocycles. The molecule has 0 unspecified atom stereocenters. The molecule has 2 rings (SSSR count). The molecule has 0 saturated carbocycles. The lowest BCUT2D eigenvalue weighted by atomic mass is 10.2. The van der Waals surface area contributed by atoms with Crippen molar-refractivity contribution in [1.29, 1.82) is 0 Å². The van der Waals surface area contributed by atoms with E-state index in [2.05, 4.69) is 57.1 Å². The molecule has 0 bridgehead atoms. The Labute approximate surface area is 111 Å². The number of hydrogen-bond acceptors (Lipinski definition) is 4. The summed E-state index contributed by atoms with van der Waals surface area (Å²) in [6.45, 7) is 1.98. The second kappa shape index (κ2) is 5.27. The predicted octanol–water partition coefficient (Wildman–Crippen LogP) is 3.74. The molecule has 0 N–H and O–H groups in total. The Morgan fingerprint density at radius 2 is 2.00 bits per heavy atom. The number of aromatic nitrogens is 2. The van der Waals surface area contributed by atoms with E-state index in [0.29, 0.717) is 0 Å². The standard InChI is InChI=1S/C10H9IN2S2/c1-7-12-13-10(15-7)14-6-8-2-4-9(11)5-3-8/h2-5H,6H2,1H3. The number of benzene rings is 1. The second-order valence-electron chi connectivity index (χ2n) is 3.00. The Kier molecular flexibility index (Phi) is 3.99. The summed E-state index contributed by atoms with van der Waals surface area (Å²) >= 11 is 5.70. The van der Waals surface area contributed by atoms with Gasteiger partial charge in [-0.3, -0.25) is 0 Å². The van der Waals surface area contributed by atoms with Crippen molar-refractivity contribution in [3.63, 3.8) is 0 Å². The van der Waals surface area contributed by atoms with E-state index in [0.717, 1.165) is 15.1 Å². The Hall–Kier alpha value is -0.140. The molecule has 0 radical (unpaired) electrons. The normalized spacial score (nSPS) is 10.5. The molecule has 0 atom stereocenters. The molecular weight excluding hydrogens is 339 g/mol. The van der Waals surface area contributed by atoms with Crippen LogP contribution in [0, 0.1) is 10.5 Å². The third-order valence-corrected chi connectivity index (χ3v) is 4.55. The van der Waals surface area contributed by atoms with Gasteiger partial charge in [-0.2, -0.15) is 0 Å². The average molecular weight is 348 g/mol. The summed E-state index contributed by atoms with van der Waals surface area (Å²) in [6.07, 6.45) is 0. The van der Waals surface area contributed by atoms with Crippen LogP contribution in [0.1, 0.15) is 10.6 Å². The molecule has 1 heterocycles. The molecule has 0 saturated heterocycles. The first-order valence-corrected chi connectivity index (χ1v) is 7.29. The monoisotopic (exact) mass is 348 g/mol. The fourth-order valence-corrected chi connectivity index (χ4v) is 3.19. The summed E-state index contributed by atoms with van der Waals surface area (Å²) in [5.41, 5.74) is 1.33. The van der Waals surface area contributed by atoms with Gasteiger partial charge < -0.3 is 0 Å². The number of hydrogen-bond donors (Lipinski definition) is 0. The van der Waals surface area contributed by atoms with E-state index in [1.54, 1.807) is 23.1 Å². The maximum atomic E-state index is 4.08. The van der Waals surface area contributed by atoms with Crippen LogP contribution in [0.5, 0.6) is 0 Å². The Balaban J connectivity index is 1.96. The molecule has 0 aliphatic carbocycles. The van der Waals surface area contributed by atoms with Crippen molar-refractivity contribution in [3.8, 4) is 0 Å². The number of halogens is 1. The second-order valence-corrected chi connectivity index (χ2v) is 6.65. The highest BCUT2D eigenvalue weighted by Crippen LogP contribution is 2.25. The largest absolute Gasteiger partial charge is 0.174 e. The zero-order valence-corrected chi connectivity index (χ0v) is 11.9. The molecule has 5 heteroatoms. The van der Waals surface area contributed by atoms with Crippen LogP contribution in [-0.4, -0.2) is 10.2 Å². The summed E-state index contributed by atoms with van der Waals surface area (Å²) in [5, 5.41) is 9.10. The van der Waals surface area contributed by atoms with Gasteiger partial charge in [0.2, 0.25) is 0 Å². The lowest BCUT2D eigenvalue weighted by Gasteiger charge is -1.98. The number of thioether (sulfide) groups is 1. The summed E-state index contributed by atoms with van der Waals surface area (Å²) < 4.78 is 2.32.